The van der Waals surface area contributed by atoms with E-state index in [-0.39, 0.29) is 18.4 Å². The normalized spacial score (nSPS) is 17.6. The Hall–Kier alpha value is -2.37. The molecule has 1 heterocycles. The molecule has 1 aliphatic heterocycles. The van der Waals surface area contributed by atoms with Gasteiger partial charge in [0.1, 0.15) is 0 Å². The lowest BCUT2D eigenvalue weighted by Gasteiger charge is -2.30. The van der Waals surface area contributed by atoms with Crippen molar-refractivity contribution in [1.29, 1.82) is 0 Å². The molecule has 124 valence electrons. The number of aliphatic carboxylic acids is 1. The van der Waals surface area contributed by atoms with Crippen LogP contribution in [0.2, 0.25) is 0 Å². The molecular formula is C17H22N2O4. The molecule has 1 fully saturated rings. The summed E-state index contributed by atoms with van der Waals surface area (Å²) in [4.78, 5) is 36.9. The second-order valence-corrected chi connectivity index (χ2v) is 5.81. The van der Waals surface area contributed by atoms with Gasteiger partial charge in [0.25, 0.3) is 5.91 Å². The number of benzene rings is 1. The summed E-state index contributed by atoms with van der Waals surface area (Å²) >= 11 is 0. The second-order valence-electron chi connectivity index (χ2n) is 5.81. The lowest BCUT2D eigenvalue weighted by molar-refractivity contribution is -0.143. The summed E-state index contributed by atoms with van der Waals surface area (Å²) < 4.78 is 0. The Labute approximate surface area is 135 Å². The summed E-state index contributed by atoms with van der Waals surface area (Å²) in [5.74, 6) is -1.63. The van der Waals surface area contributed by atoms with Gasteiger partial charge in [0.05, 0.1) is 5.92 Å². The molecule has 1 aromatic carbocycles. The standard InChI is InChI=1S/C17H22N2O4/c1-2-5-15(20)18-14-8-3-6-12(10-14)16(21)19-9-4-7-13(11-19)17(22)23/h3,6,8,10,13H,2,4-5,7,9,11H2,1H3,(H,18,20)(H,22,23)/t13-/m0/s1. The van der Waals surface area contributed by atoms with E-state index in [1.54, 1.807) is 29.2 Å². The van der Waals surface area contributed by atoms with E-state index >= 15 is 0 Å². The van der Waals surface area contributed by atoms with Gasteiger partial charge in [0, 0.05) is 30.8 Å². The number of piperidine rings is 1. The molecule has 0 spiro atoms. The number of anilines is 1. The molecule has 1 aliphatic rings. The van der Waals surface area contributed by atoms with Crippen LogP contribution in [0.3, 0.4) is 0 Å². The largest absolute Gasteiger partial charge is 0.481 e. The van der Waals surface area contributed by atoms with Crippen molar-refractivity contribution in [3.8, 4) is 0 Å². The van der Waals surface area contributed by atoms with Crippen LogP contribution in [-0.4, -0.2) is 40.9 Å². The fourth-order valence-corrected chi connectivity index (χ4v) is 2.73. The Morgan fingerprint density at radius 2 is 2.13 bits per heavy atom. The Balaban J connectivity index is 2.07. The first-order valence-corrected chi connectivity index (χ1v) is 7.93. The molecule has 0 aromatic heterocycles. The molecule has 0 bridgehead atoms. The van der Waals surface area contributed by atoms with Crippen LogP contribution in [0.4, 0.5) is 5.69 Å². The third-order valence-electron chi connectivity index (χ3n) is 3.93. The predicted octanol–water partition coefficient (Wildman–Crippen LogP) is 2.36. The summed E-state index contributed by atoms with van der Waals surface area (Å²) in [5, 5.41) is 11.9. The maximum atomic E-state index is 12.6. The zero-order valence-corrected chi connectivity index (χ0v) is 13.2. The van der Waals surface area contributed by atoms with Crippen molar-refractivity contribution >= 4 is 23.5 Å². The molecule has 23 heavy (non-hydrogen) atoms. The van der Waals surface area contributed by atoms with Crippen molar-refractivity contribution in [2.24, 2.45) is 5.92 Å². The van der Waals surface area contributed by atoms with Crippen LogP contribution in [-0.2, 0) is 9.59 Å². The summed E-state index contributed by atoms with van der Waals surface area (Å²) in [6.07, 6.45) is 2.49. The number of carboxylic acid groups (broad SMARTS) is 1. The smallest absolute Gasteiger partial charge is 0.308 e. The monoisotopic (exact) mass is 318 g/mol. The number of carboxylic acids is 1. The first kappa shape index (κ1) is 17.0. The SMILES string of the molecule is CCCC(=O)Nc1cccc(C(=O)N2CCC[C@H](C(=O)O)C2)c1. The highest BCUT2D eigenvalue weighted by atomic mass is 16.4. The predicted molar refractivity (Wildman–Crippen MR) is 86.2 cm³/mol. The summed E-state index contributed by atoms with van der Waals surface area (Å²) in [6.45, 7) is 2.73. The summed E-state index contributed by atoms with van der Waals surface area (Å²) in [6, 6.07) is 6.77. The van der Waals surface area contributed by atoms with E-state index in [9.17, 15) is 14.4 Å². The molecule has 0 saturated carbocycles. The van der Waals surface area contributed by atoms with Gasteiger partial charge in [-0.1, -0.05) is 13.0 Å². The van der Waals surface area contributed by atoms with E-state index in [2.05, 4.69) is 5.32 Å². The van der Waals surface area contributed by atoms with Crippen LogP contribution in [0.25, 0.3) is 0 Å². The summed E-state index contributed by atoms with van der Waals surface area (Å²) in [5.41, 5.74) is 1.05. The minimum atomic E-state index is -0.858. The fourth-order valence-electron chi connectivity index (χ4n) is 2.73. The molecular weight excluding hydrogens is 296 g/mol. The summed E-state index contributed by atoms with van der Waals surface area (Å²) in [7, 11) is 0. The molecule has 6 heteroatoms. The number of hydrogen-bond acceptors (Lipinski definition) is 3. The maximum absolute atomic E-state index is 12.6. The number of amides is 2. The molecule has 1 atom stereocenters. The lowest BCUT2D eigenvalue weighted by atomic mass is 9.97. The van der Waals surface area contributed by atoms with Crippen LogP contribution >= 0.6 is 0 Å². The van der Waals surface area contributed by atoms with Crippen molar-refractivity contribution in [3.63, 3.8) is 0 Å². The quantitative estimate of drug-likeness (QED) is 0.872. The van der Waals surface area contributed by atoms with Gasteiger partial charge in [-0.25, -0.2) is 0 Å². The van der Waals surface area contributed by atoms with E-state index in [1.165, 1.54) is 0 Å². The van der Waals surface area contributed by atoms with Crippen molar-refractivity contribution in [3.05, 3.63) is 29.8 Å². The van der Waals surface area contributed by atoms with Crippen LogP contribution in [0.15, 0.2) is 24.3 Å². The van der Waals surface area contributed by atoms with Crippen LogP contribution in [0.5, 0.6) is 0 Å². The molecule has 0 radical (unpaired) electrons. The van der Waals surface area contributed by atoms with Crippen LogP contribution in [0.1, 0.15) is 43.0 Å². The molecule has 0 aliphatic carbocycles. The van der Waals surface area contributed by atoms with Gasteiger partial charge in [0.2, 0.25) is 5.91 Å². The number of nitrogens with one attached hydrogen (secondary N) is 1. The third-order valence-corrected chi connectivity index (χ3v) is 3.93. The third kappa shape index (κ3) is 4.55. The molecule has 2 rings (SSSR count). The first-order chi connectivity index (χ1) is 11.0. The number of carbonyl (C=O) groups is 3. The Morgan fingerprint density at radius 1 is 1.35 bits per heavy atom. The van der Waals surface area contributed by atoms with Gasteiger partial charge >= 0.3 is 5.97 Å². The molecule has 6 nitrogen and oxygen atoms in total. The minimum absolute atomic E-state index is 0.0824. The van der Waals surface area contributed by atoms with Gasteiger partial charge in [-0.05, 0) is 37.5 Å². The van der Waals surface area contributed by atoms with Crippen LogP contribution < -0.4 is 5.32 Å². The van der Waals surface area contributed by atoms with Gasteiger partial charge in [-0.3, -0.25) is 14.4 Å². The highest BCUT2D eigenvalue weighted by molar-refractivity contribution is 5.97. The highest BCUT2D eigenvalue weighted by Crippen LogP contribution is 2.20. The van der Waals surface area contributed by atoms with Crippen molar-refractivity contribution < 1.29 is 19.5 Å². The second kappa shape index (κ2) is 7.76. The molecule has 1 aromatic rings. The zero-order chi connectivity index (χ0) is 16.8. The van der Waals surface area contributed by atoms with Gasteiger partial charge < -0.3 is 15.3 Å². The average molecular weight is 318 g/mol. The number of rotatable bonds is 5. The zero-order valence-electron chi connectivity index (χ0n) is 13.2. The van der Waals surface area contributed by atoms with Crippen LogP contribution in [0, 0.1) is 5.92 Å². The van der Waals surface area contributed by atoms with E-state index in [4.69, 9.17) is 5.11 Å². The lowest BCUT2D eigenvalue weighted by Crippen LogP contribution is -2.42. The molecule has 2 N–H and O–H groups in total. The first-order valence-electron chi connectivity index (χ1n) is 7.93. The van der Waals surface area contributed by atoms with Crippen molar-refractivity contribution in [2.75, 3.05) is 18.4 Å². The van der Waals surface area contributed by atoms with E-state index < -0.39 is 11.9 Å². The van der Waals surface area contributed by atoms with E-state index in [0.717, 1.165) is 6.42 Å². The fraction of sp³-hybridized carbons (Fsp3) is 0.471. The number of carbonyl (C=O) groups excluding carboxylic acids is 2. The van der Waals surface area contributed by atoms with Gasteiger partial charge in [-0.15, -0.1) is 0 Å². The van der Waals surface area contributed by atoms with Gasteiger partial charge in [-0.2, -0.15) is 0 Å². The average Bonchev–Trinajstić information content (AvgIpc) is 2.54. The minimum Gasteiger partial charge on any atom is -0.481 e. The van der Waals surface area contributed by atoms with Crippen molar-refractivity contribution in [2.45, 2.75) is 32.6 Å². The topological polar surface area (TPSA) is 86.7 Å². The Bertz CT molecular complexity index is 600. The molecule has 1 saturated heterocycles. The Kier molecular flexibility index (Phi) is 5.73. The van der Waals surface area contributed by atoms with E-state index in [1.807, 2.05) is 6.92 Å². The highest BCUT2D eigenvalue weighted by Gasteiger charge is 2.28. The van der Waals surface area contributed by atoms with E-state index in [0.29, 0.717) is 37.1 Å². The molecule has 0 unspecified atom stereocenters. The van der Waals surface area contributed by atoms with Gasteiger partial charge in [0.15, 0.2) is 0 Å². The molecule has 2 amide bonds. The number of hydrogen-bond donors (Lipinski definition) is 2. The maximum Gasteiger partial charge on any atom is 0.308 e. The Morgan fingerprint density at radius 3 is 2.83 bits per heavy atom. The van der Waals surface area contributed by atoms with Crippen molar-refractivity contribution in [1.82, 2.24) is 4.90 Å². The number of nitrogens with zero attached hydrogens (tertiary/aromatic N) is 1. The number of likely N-dealkylation sites (tertiary alicyclic amines) is 1.